The fraction of sp³-hybridized carbons (Fsp3) is 0.154. The highest BCUT2D eigenvalue weighted by Gasteiger charge is 2.42. The number of nitrogens with zero attached hydrogens (tertiary/aromatic N) is 2. The Hall–Kier alpha value is -3.08. The van der Waals surface area contributed by atoms with E-state index >= 15 is 0 Å². The van der Waals surface area contributed by atoms with Gasteiger partial charge in [-0.25, -0.2) is 0 Å². The van der Waals surface area contributed by atoms with E-state index in [9.17, 15) is 4.79 Å². The van der Waals surface area contributed by atoms with Crippen molar-refractivity contribution in [1.82, 2.24) is 15.1 Å². The quantitative estimate of drug-likeness (QED) is 0.369. The maximum absolute atomic E-state index is 13.5. The number of amides is 1. The predicted octanol–water partition coefficient (Wildman–Crippen LogP) is 6.48. The number of nitrogens with one attached hydrogen (secondary N) is 1. The summed E-state index contributed by atoms with van der Waals surface area (Å²) in [4.78, 5) is 15.3. The van der Waals surface area contributed by atoms with Crippen molar-refractivity contribution in [2.24, 2.45) is 0 Å². The molecule has 1 N–H and O–H groups in total. The number of aromatic nitrogens is 2. The van der Waals surface area contributed by atoms with Gasteiger partial charge in [0.2, 0.25) is 0 Å². The minimum absolute atomic E-state index is 0.0715. The van der Waals surface area contributed by atoms with E-state index in [0.29, 0.717) is 22.3 Å². The molecule has 32 heavy (non-hydrogen) atoms. The molecule has 160 valence electrons. The molecule has 4 nitrogen and oxygen atoms in total. The monoisotopic (exact) mass is 461 g/mol. The summed E-state index contributed by atoms with van der Waals surface area (Å²) in [5.41, 5.74) is 6.28. The number of H-pyrrole nitrogens is 1. The smallest absolute Gasteiger partial charge is 0.273 e. The van der Waals surface area contributed by atoms with Crippen LogP contribution in [0.3, 0.4) is 0 Å². The van der Waals surface area contributed by atoms with Crippen LogP contribution in [0.5, 0.6) is 0 Å². The molecule has 1 aromatic heterocycles. The third kappa shape index (κ3) is 3.70. The molecule has 0 aliphatic carbocycles. The Kier molecular flexibility index (Phi) is 5.50. The fourth-order valence-electron chi connectivity index (χ4n) is 4.30. The molecule has 0 spiro atoms. The summed E-state index contributed by atoms with van der Waals surface area (Å²) in [5, 5.41) is 8.61. The molecule has 1 amide bonds. The molecule has 5 rings (SSSR count). The van der Waals surface area contributed by atoms with Crippen LogP contribution in [-0.2, 0) is 6.42 Å². The van der Waals surface area contributed by atoms with Gasteiger partial charge in [-0.2, -0.15) is 5.10 Å². The van der Waals surface area contributed by atoms with E-state index in [0.717, 1.165) is 28.8 Å². The van der Waals surface area contributed by atoms with E-state index in [4.69, 9.17) is 23.2 Å². The second kappa shape index (κ2) is 8.45. The van der Waals surface area contributed by atoms with Gasteiger partial charge in [0.1, 0.15) is 5.69 Å². The molecular weight excluding hydrogens is 441 g/mol. The summed E-state index contributed by atoms with van der Waals surface area (Å²) >= 11 is 12.8. The van der Waals surface area contributed by atoms with Gasteiger partial charge in [0.15, 0.2) is 0 Å². The Bertz CT molecular complexity index is 1280. The van der Waals surface area contributed by atoms with E-state index in [-0.39, 0.29) is 11.9 Å². The number of hydrogen-bond donors (Lipinski definition) is 1. The van der Waals surface area contributed by atoms with Crippen LogP contribution in [0.1, 0.15) is 38.8 Å². The summed E-state index contributed by atoms with van der Waals surface area (Å²) < 4.78 is 0. The molecule has 1 aliphatic rings. The van der Waals surface area contributed by atoms with Gasteiger partial charge in [0, 0.05) is 27.7 Å². The van der Waals surface area contributed by atoms with Gasteiger partial charge in [0.25, 0.3) is 5.91 Å². The summed E-state index contributed by atoms with van der Waals surface area (Å²) in [6.07, 6.45) is 0.742. The summed E-state index contributed by atoms with van der Waals surface area (Å²) in [6, 6.07) is 23.4. The average Bonchev–Trinajstić information content (AvgIpc) is 3.33. The van der Waals surface area contributed by atoms with E-state index in [1.165, 1.54) is 11.1 Å². The second-order valence-electron chi connectivity index (χ2n) is 8.03. The molecular formula is C26H21Cl2N3O. The Morgan fingerprint density at radius 2 is 1.75 bits per heavy atom. The highest BCUT2D eigenvalue weighted by atomic mass is 35.5. The minimum Gasteiger partial charge on any atom is -0.326 e. The lowest BCUT2D eigenvalue weighted by Gasteiger charge is -2.27. The van der Waals surface area contributed by atoms with E-state index in [2.05, 4.69) is 22.3 Å². The lowest BCUT2D eigenvalue weighted by atomic mass is 9.95. The number of fused-ring (bicyclic) bond motifs is 1. The van der Waals surface area contributed by atoms with Gasteiger partial charge in [-0.05, 0) is 36.6 Å². The molecule has 4 aromatic rings. The van der Waals surface area contributed by atoms with Gasteiger partial charge < -0.3 is 4.90 Å². The van der Waals surface area contributed by atoms with Crippen molar-refractivity contribution < 1.29 is 4.79 Å². The highest BCUT2D eigenvalue weighted by molar-refractivity contribution is 6.35. The molecule has 1 atom stereocenters. The molecule has 1 unspecified atom stereocenters. The Morgan fingerprint density at radius 1 is 1.00 bits per heavy atom. The van der Waals surface area contributed by atoms with Crippen LogP contribution in [-0.4, -0.2) is 27.5 Å². The molecule has 1 aliphatic heterocycles. The number of carbonyl (C=O) groups excluding carboxylic acids is 1. The summed E-state index contributed by atoms with van der Waals surface area (Å²) in [6.45, 7) is 2.60. The Morgan fingerprint density at radius 3 is 2.47 bits per heavy atom. The zero-order valence-corrected chi connectivity index (χ0v) is 19.0. The van der Waals surface area contributed by atoms with E-state index < -0.39 is 0 Å². The third-order valence-corrected chi connectivity index (χ3v) is 6.49. The number of benzene rings is 3. The first kappa shape index (κ1) is 20.8. The SMILES string of the molecule is Cc1ccc(-c2n[nH]c3c2C(c2ccc(Cl)cc2Cl)N(CCc2ccccc2)C3=O)cc1. The van der Waals surface area contributed by atoms with E-state index in [1.54, 1.807) is 6.07 Å². The molecule has 3 aromatic carbocycles. The summed E-state index contributed by atoms with van der Waals surface area (Å²) in [5.74, 6) is -0.0715. The van der Waals surface area contributed by atoms with Crippen LogP contribution in [0, 0.1) is 6.92 Å². The minimum atomic E-state index is -0.346. The lowest BCUT2D eigenvalue weighted by Crippen LogP contribution is -2.31. The first-order valence-corrected chi connectivity index (χ1v) is 11.2. The van der Waals surface area contributed by atoms with Crippen molar-refractivity contribution in [2.75, 3.05) is 6.54 Å². The van der Waals surface area contributed by atoms with Gasteiger partial charge in [-0.15, -0.1) is 0 Å². The van der Waals surface area contributed by atoms with Crippen LogP contribution in [0.25, 0.3) is 11.3 Å². The standard InChI is InChI=1S/C26H21Cl2N3O/c1-16-7-9-18(10-8-16)23-22-24(30-29-23)26(32)31(14-13-17-5-3-2-4-6-17)25(22)20-12-11-19(27)15-21(20)28/h2-12,15,25H,13-14H2,1H3,(H,29,30). The normalized spacial score (nSPS) is 15.3. The van der Waals surface area contributed by atoms with Crippen molar-refractivity contribution >= 4 is 29.1 Å². The van der Waals surface area contributed by atoms with Crippen molar-refractivity contribution in [2.45, 2.75) is 19.4 Å². The van der Waals surface area contributed by atoms with Crippen LogP contribution in [0.2, 0.25) is 10.0 Å². The molecule has 0 saturated heterocycles. The summed E-state index contributed by atoms with van der Waals surface area (Å²) in [7, 11) is 0. The van der Waals surface area contributed by atoms with Crippen molar-refractivity contribution in [3.63, 3.8) is 0 Å². The molecule has 2 heterocycles. The number of aromatic amines is 1. The van der Waals surface area contributed by atoms with Crippen LogP contribution in [0.4, 0.5) is 0 Å². The van der Waals surface area contributed by atoms with Crippen molar-refractivity contribution in [3.8, 4) is 11.3 Å². The largest absolute Gasteiger partial charge is 0.326 e. The van der Waals surface area contributed by atoms with Gasteiger partial charge in [0.05, 0.1) is 11.7 Å². The Labute approximate surface area is 196 Å². The average molecular weight is 462 g/mol. The van der Waals surface area contributed by atoms with Gasteiger partial charge in [-0.1, -0.05) is 89.4 Å². The van der Waals surface area contributed by atoms with E-state index in [1.807, 2.05) is 66.4 Å². The van der Waals surface area contributed by atoms with Crippen LogP contribution >= 0.6 is 23.2 Å². The second-order valence-corrected chi connectivity index (χ2v) is 8.87. The van der Waals surface area contributed by atoms with Crippen LogP contribution < -0.4 is 0 Å². The zero-order valence-electron chi connectivity index (χ0n) is 17.5. The number of hydrogen-bond acceptors (Lipinski definition) is 2. The maximum atomic E-state index is 13.5. The third-order valence-electron chi connectivity index (χ3n) is 5.93. The molecule has 0 saturated carbocycles. The topological polar surface area (TPSA) is 49.0 Å². The number of aryl methyl sites for hydroxylation is 1. The lowest BCUT2D eigenvalue weighted by molar-refractivity contribution is 0.0746. The number of carbonyl (C=O) groups is 1. The molecule has 0 bridgehead atoms. The fourth-order valence-corrected chi connectivity index (χ4v) is 4.81. The highest BCUT2D eigenvalue weighted by Crippen LogP contribution is 2.45. The number of halogens is 2. The van der Waals surface area contributed by atoms with Crippen molar-refractivity contribution in [3.05, 3.63) is 111 Å². The van der Waals surface area contributed by atoms with Crippen LogP contribution in [0.15, 0.2) is 72.8 Å². The first-order chi connectivity index (χ1) is 15.5. The van der Waals surface area contributed by atoms with Gasteiger partial charge in [-0.3, -0.25) is 9.89 Å². The van der Waals surface area contributed by atoms with Gasteiger partial charge >= 0.3 is 0 Å². The molecule has 0 fully saturated rings. The number of rotatable bonds is 5. The molecule has 6 heteroatoms. The molecule has 0 radical (unpaired) electrons. The van der Waals surface area contributed by atoms with Crippen molar-refractivity contribution in [1.29, 1.82) is 0 Å². The Balaban J connectivity index is 1.61. The zero-order chi connectivity index (χ0) is 22.2. The predicted molar refractivity (Wildman–Crippen MR) is 128 cm³/mol. The maximum Gasteiger partial charge on any atom is 0.273 e. The first-order valence-electron chi connectivity index (χ1n) is 10.5.